The van der Waals surface area contributed by atoms with Crippen LogP contribution in [0.3, 0.4) is 0 Å². The van der Waals surface area contributed by atoms with E-state index in [-0.39, 0.29) is 17.5 Å². The van der Waals surface area contributed by atoms with Gasteiger partial charge in [-0.25, -0.2) is 4.39 Å². The standard InChI is InChI=1S/C19H19FO2/c1-22-17-10-11-18-15(12-17)7-6-14(19(18)21)5-2-13-3-8-16(20)9-4-13/h3-4,8-12,14H,2,5-7H2,1H3. The van der Waals surface area contributed by atoms with Gasteiger partial charge in [0, 0.05) is 11.5 Å². The maximum absolute atomic E-state index is 12.9. The summed E-state index contributed by atoms with van der Waals surface area (Å²) in [6.07, 6.45) is 3.41. The summed E-state index contributed by atoms with van der Waals surface area (Å²) in [6, 6.07) is 12.2. The lowest BCUT2D eigenvalue weighted by molar-refractivity contribution is 0.0895. The van der Waals surface area contributed by atoms with Gasteiger partial charge < -0.3 is 4.74 Å². The molecule has 0 saturated heterocycles. The average molecular weight is 298 g/mol. The van der Waals surface area contributed by atoms with E-state index in [1.165, 1.54) is 12.1 Å². The number of Topliss-reactive ketones (excluding diaryl/α,β-unsaturated/α-hetero) is 1. The zero-order valence-corrected chi connectivity index (χ0v) is 12.6. The van der Waals surface area contributed by atoms with Crippen LogP contribution in [0.4, 0.5) is 4.39 Å². The van der Waals surface area contributed by atoms with Crippen molar-refractivity contribution in [3.8, 4) is 5.75 Å². The van der Waals surface area contributed by atoms with E-state index in [1.54, 1.807) is 19.2 Å². The number of methoxy groups -OCH3 is 1. The van der Waals surface area contributed by atoms with Crippen LogP contribution in [0, 0.1) is 11.7 Å². The molecule has 2 aromatic carbocycles. The summed E-state index contributed by atoms with van der Waals surface area (Å²) in [5, 5.41) is 0. The first-order chi connectivity index (χ1) is 10.7. The number of carbonyl (C=O) groups excluding carboxylic acids is 1. The van der Waals surface area contributed by atoms with Gasteiger partial charge in [0.1, 0.15) is 11.6 Å². The molecule has 1 aliphatic rings. The SMILES string of the molecule is COc1ccc2c(c1)CCC(CCc1ccc(F)cc1)C2=O. The maximum atomic E-state index is 12.9. The van der Waals surface area contributed by atoms with Crippen molar-refractivity contribution in [1.29, 1.82) is 0 Å². The lowest BCUT2D eigenvalue weighted by Crippen LogP contribution is -2.23. The second kappa shape index (κ2) is 6.30. The molecular formula is C19H19FO2. The minimum Gasteiger partial charge on any atom is -0.497 e. The van der Waals surface area contributed by atoms with E-state index in [1.807, 2.05) is 18.2 Å². The number of hydrogen-bond acceptors (Lipinski definition) is 2. The number of carbonyl (C=O) groups is 1. The topological polar surface area (TPSA) is 26.3 Å². The average Bonchev–Trinajstić information content (AvgIpc) is 2.55. The van der Waals surface area contributed by atoms with E-state index in [0.29, 0.717) is 0 Å². The smallest absolute Gasteiger partial charge is 0.166 e. The molecule has 0 aromatic heterocycles. The molecule has 114 valence electrons. The van der Waals surface area contributed by atoms with Gasteiger partial charge in [0.05, 0.1) is 7.11 Å². The summed E-state index contributed by atoms with van der Waals surface area (Å²) in [5.74, 6) is 0.869. The fourth-order valence-electron chi connectivity index (χ4n) is 3.09. The molecule has 0 spiro atoms. The predicted octanol–water partition coefficient (Wildman–Crippen LogP) is 4.21. The van der Waals surface area contributed by atoms with Gasteiger partial charge in [-0.2, -0.15) is 0 Å². The van der Waals surface area contributed by atoms with Crippen molar-refractivity contribution in [3.05, 3.63) is 65.0 Å². The maximum Gasteiger partial charge on any atom is 0.166 e. The molecule has 0 fully saturated rings. The summed E-state index contributed by atoms with van der Waals surface area (Å²) in [7, 11) is 1.64. The fraction of sp³-hybridized carbons (Fsp3) is 0.316. The second-order valence-corrected chi connectivity index (χ2v) is 5.79. The molecule has 0 aliphatic heterocycles. The first kappa shape index (κ1) is 14.8. The Labute approximate surface area is 129 Å². The zero-order valence-electron chi connectivity index (χ0n) is 12.6. The minimum absolute atomic E-state index is 0.0611. The molecular weight excluding hydrogens is 279 g/mol. The van der Waals surface area contributed by atoms with Crippen LogP contribution in [0.2, 0.25) is 0 Å². The largest absolute Gasteiger partial charge is 0.497 e. The Morgan fingerprint density at radius 1 is 1.18 bits per heavy atom. The van der Waals surface area contributed by atoms with E-state index in [2.05, 4.69) is 0 Å². The molecule has 0 saturated carbocycles. The molecule has 1 aliphatic carbocycles. The third-order valence-electron chi connectivity index (χ3n) is 4.41. The van der Waals surface area contributed by atoms with Crippen molar-refractivity contribution in [3.63, 3.8) is 0 Å². The summed E-state index contributed by atoms with van der Waals surface area (Å²) in [5.41, 5.74) is 2.99. The highest BCUT2D eigenvalue weighted by atomic mass is 19.1. The number of fused-ring (bicyclic) bond motifs is 1. The zero-order chi connectivity index (χ0) is 15.5. The van der Waals surface area contributed by atoms with Gasteiger partial charge in [-0.3, -0.25) is 4.79 Å². The third-order valence-corrected chi connectivity index (χ3v) is 4.41. The lowest BCUT2D eigenvalue weighted by atomic mass is 9.80. The first-order valence-electron chi connectivity index (χ1n) is 7.63. The Bertz CT molecular complexity index is 676. The molecule has 1 atom stereocenters. The molecule has 0 N–H and O–H groups in total. The van der Waals surface area contributed by atoms with Gasteiger partial charge in [-0.1, -0.05) is 12.1 Å². The summed E-state index contributed by atoms with van der Waals surface area (Å²) >= 11 is 0. The van der Waals surface area contributed by atoms with Crippen LogP contribution in [0.15, 0.2) is 42.5 Å². The number of ketones is 1. The highest BCUT2D eigenvalue weighted by Gasteiger charge is 2.27. The number of benzene rings is 2. The monoisotopic (exact) mass is 298 g/mol. The van der Waals surface area contributed by atoms with Crippen LogP contribution in [0.5, 0.6) is 5.75 Å². The fourth-order valence-corrected chi connectivity index (χ4v) is 3.09. The van der Waals surface area contributed by atoms with Gasteiger partial charge in [-0.15, -0.1) is 0 Å². The molecule has 3 heteroatoms. The third kappa shape index (κ3) is 3.03. The molecule has 0 amide bonds. The van der Waals surface area contributed by atoms with Crippen molar-refractivity contribution >= 4 is 5.78 Å². The molecule has 2 nitrogen and oxygen atoms in total. The molecule has 1 unspecified atom stereocenters. The van der Waals surface area contributed by atoms with Gasteiger partial charge >= 0.3 is 0 Å². The Kier molecular flexibility index (Phi) is 4.23. The van der Waals surface area contributed by atoms with Gasteiger partial charge in [-0.05, 0) is 67.1 Å². The van der Waals surface area contributed by atoms with Crippen LogP contribution < -0.4 is 4.74 Å². The van der Waals surface area contributed by atoms with Crippen LogP contribution in [0.1, 0.15) is 34.3 Å². The number of hydrogen-bond donors (Lipinski definition) is 0. The highest BCUT2D eigenvalue weighted by Crippen LogP contribution is 2.30. The van der Waals surface area contributed by atoms with Crippen LogP contribution in [0.25, 0.3) is 0 Å². The molecule has 22 heavy (non-hydrogen) atoms. The molecule has 0 radical (unpaired) electrons. The summed E-state index contributed by atoms with van der Waals surface area (Å²) in [6.45, 7) is 0. The van der Waals surface area contributed by atoms with E-state index in [4.69, 9.17) is 4.74 Å². The van der Waals surface area contributed by atoms with Crippen LogP contribution in [-0.4, -0.2) is 12.9 Å². The number of rotatable bonds is 4. The highest BCUT2D eigenvalue weighted by molar-refractivity contribution is 6.00. The number of halogens is 1. The molecule has 2 aromatic rings. The van der Waals surface area contributed by atoms with Crippen molar-refractivity contribution in [2.45, 2.75) is 25.7 Å². The van der Waals surface area contributed by atoms with Gasteiger partial charge in [0.15, 0.2) is 5.78 Å². The Morgan fingerprint density at radius 3 is 2.68 bits per heavy atom. The van der Waals surface area contributed by atoms with Gasteiger partial charge in [0.2, 0.25) is 0 Å². The van der Waals surface area contributed by atoms with Crippen molar-refractivity contribution < 1.29 is 13.9 Å². The van der Waals surface area contributed by atoms with Gasteiger partial charge in [0.25, 0.3) is 0 Å². The van der Waals surface area contributed by atoms with Crippen LogP contribution >= 0.6 is 0 Å². The lowest BCUT2D eigenvalue weighted by Gasteiger charge is -2.23. The van der Waals surface area contributed by atoms with Crippen molar-refractivity contribution in [2.24, 2.45) is 5.92 Å². The second-order valence-electron chi connectivity index (χ2n) is 5.79. The number of ether oxygens (including phenoxy) is 1. The quantitative estimate of drug-likeness (QED) is 0.845. The van der Waals surface area contributed by atoms with Crippen molar-refractivity contribution in [1.82, 2.24) is 0 Å². The Morgan fingerprint density at radius 2 is 1.95 bits per heavy atom. The Balaban J connectivity index is 1.69. The van der Waals surface area contributed by atoms with E-state index < -0.39 is 0 Å². The number of aryl methyl sites for hydroxylation is 2. The van der Waals surface area contributed by atoms with E-state index in [0.717, 1.165) is 48.1 Å². The summed E-state index contributed by atoms with van der Waals surface area (Å²) in [4.78, 5) is 12.6. The predicted molar refractivity (Wildman–Crippen MR) is 83.9 cm³/mol. The molecule has 0 heterocycles. The van der Waals surface area contributed by atoms with Crippen LogP contribution in [-0.2, 0) is 12.8 Å². The normalized spacial score (nSPS) is 17.2. The van der Waals surface area contributed by atoms with E-state index in [9.17, 15) is 9.18 Å². The Hall–Kier alpha value is -2.16. The summed E-state index contributed by atoms with van der Waals surface area (Å²) < 4.78 is 18.1. The molecule has 0 bridgehead atoms. The van der Waals surface area contributed by atoms with E-state index >= 15 is 0 Å². The first-order valence-corrected chi connectivity index (χ1v) is 7.63. The molecule has 3 rings (SSSR count). The van der Waals surface area contributed by atoms with Crippen molar-refractivity contribution in [2.75, 3.05) is 7.11 Å². The minimum atomic E-state index is -0.222.